The highest BCUT2D eigenvalue weighted by molar-refractivity contribution is 7.99. The lowest BCUT2D eigenvalue weighted by molar-refractivity contribution is 0.147. The van der Waals surface area contributed by atoms with Gasteiger partial charge in [-0.05, 0) is 70.0 Å². The van der Waals surface area contributed by atoms with Gasteiger partial charge in [0.05, 0.1) is 17.4 Å². The van der Waals surface area contributed by atoms with Crippen molar-refractivity contribution < 1.29 is 31.0 Å². The number of carbonyl (C=O) groups excluding carboxylic acids is 1. The van der Waals surface area contributed by atoms with Crippen molar-refractivity contribution in [1.29, 1.82) is 0 Å². The third-order valence-corrected chi connectivity index (χ3v) is 6.91. The molecule has 0 unspecified atom stereocenters. The summed E-state index contributed by atoms with van der Waals surface area (Å²) in [6.07, 6.45) is -9.49. The van der Waals surface area contributed by atoms with E-state index >= 15 is 0 Å². The highest BCUT2D eigenvalue weighted by Crippen LogP contribution is 2.35. The Hall–Kier alpha value is -3.62. The smallest absolute Gasteiger partial charge is 0.408 e. The Morgan fingerprint density at radius 3 is 2.85 bits per heavy atom. The van der Waals surface area contributed by atoms with E-state index in [9.17, 15) is 9.18 Å². The van der Waals surface area contributed by atoms with Crippen molar-refractivity contribution in [2.24, 2.45) is 0 Å². The number of thioether (sulfide) groups is 1. The van der Waals surface area contributed by atoms with Gasteiger partial charge in [-0.3, -0.25) is 9.55 Å². The number of ether oxygens (including phenoxy) is 2. The van der Waals surface area contributed by atoms with E-state index in [4.69, 9.17) is 21.8 Å². The van der Waals surface area contributed by atoms with Gasteiger partial charge in [0.1, 0.15) is 18.2 Å². The number of hydrogen-bond acceptors (Lipinski definition) is 8. The van der Waals surface area contributed by atoms with E-state index < -0.39 is 42.6 Å². The number of rotatable bonds is 8. The van der Waals surface area contributed by atoms with Gasteiger partial charge in [0.2, 0.25) is 0 Å². The van der Waals surface area contributed by atoms with Crippen LogP contribution >= 0.6 is 11.8 Å². The number of nitrogens with one attached hydrogen (secondary N) is 1. The van der Waals surface area contributed by atoms with Crippen LogP contribution in [0.2, 0.25) is 0 Å². The average molecular weight is 574 g/mol. The normalized spacial score (nSPS) is 25.5. The first-order valence-electron chi connectivity index (χ1n) is 17.0. The van der Waals surface area contributed by atoms with Crippen LogP contribution in [-0.4, -0.2) is 68.8 Å². The van der Waals surface area contributed by atoms with Gasteiger partial charge in [0, 0.05) is 35.9 Å². The number of carbonyl (C=O) groups is 1. The number of halogens is 1. The zero-order valence-electron chi connectivity index (χ0n) is 30.6. The van der Waals surface area contributed by atoms with Crippen molar-refractivity contribution in [1.82, 2.24) is 30.0 Å². The van der Waals surface area contributed by atoms with Gasteiger partial charge in [-0.25, -0.2) is 9.18 Å². The highest BCUT2D eigenvalue weighted by Gasteiger charge is 2.22. The van der Waals surface area contributed by atoms with Crippen LogP contribution < -0.4 is 10.1 Å². The molecular formula is C29H33FN6O3S. The predicted octanol–water partition coefficient (Wildman–Crippen LogP) is 4.59. The lowest BCUT2D eigenvalue weighted by atomic mass is 10.1. The molecule has 1 aliphatic carbocycles. The molecule has 210 valence electrons. The molecule has 11 heteroatoms. The fraction of sp³-hybridized carbons (Fsp3) is 0.448. The van der Waals surface area contributed by atoms with Crippen LogP contribution in [0.1, 0.15) is 62.1 Å². The monoisotopic (exact) mass is 573 g/mol. The lowest BCUT2D eigenvalue weighted by Gasteiger charge is -2.28. The first kappa shape index (κ1) is 18.7. The third-order valence-electron chi connectivity index (χ3n) is 6.06. The summed E-state index contributed by atoms with van der Waals surface area (Å²) in [5.41, 5.74) is 0.339. The molecule has 0 bridgehead atoms. The summed E-state index contributed by atoms with van der Waals surface area (Å²) in [6.45, 7) is 1.19. The number of nitrogens with zero attached hydrogens (tertiary/aromatic N) is 5. The largest absolute Gasteiger partial charge is 0.485 e. The Morgan fingerprint density at radius 1 is 1.27 bits per heavy atom. The third kappa shape index (κ3) is 7.52. The number of benzene rings is 1. The molecule has 2 aromatic heterocycles. The Labute approximate surface area is 250 Å². The molecule has 1 aromatic carbocycles. The van der Waals surface area contributed by atoms with Gasteiger partial charge in [0.15, 0.2) is 17.6 Å². The first-order chi connectivity index (χ1) is 22.9. The summed E-state index contributed by atoms with van der Waals surface area (Å²) in [6, 6.07) is 7.09. The van der Waals surface area contributed by atoms with Crippen molar-refractivity contribution in [3.8, 4) is 23.3 Å². The second-order valence-corrected chi connectivity index (χ2v) is 9.88. The fourth-order valence-corrected chi connectivity index (χ4v) is 4.75. The molecule has 3 heterocycles. The number of amides is 1. The molecule has 0 atom stereocenters. The van der Waals surface area contributed by atoms with Gasteiger partial charge in [0.25, 0.3) is 0 Å². The Bertz CT molecular complexity index is 1720. The molecule has 2 aliphatic rings. The SMILES string of the molecule is [2H]C1([2H])C([2H])([2H])C([2H])([2H])C([2H])(Sc2nnc(COc3ccc(C#CCOC(=O)NC4CCN(C)CC4)c(F)c3)n2-c2cccnc2)C1([2H])[2H]. The standard InChI is InChI=1S/C29H33FN6O3S/c1-35-15-12-22(13-16-35)32-29(37)38-17-5-6-21-10-11-24(18-26(21)30)39-20-27-33-34-28(40-25-8-2-3-9-25)36(27)23-7-4-14-31-19-23/h4,7,10-11,14,18-19,22,25H,2-3,8-9,12-13,15-17,20H2,1H3,(H,32,37)/i2D2,3D2,8D2,9D2,25D. The number of piperidine rings is 1. The minimum absolute atomic E-state index is 0.0316. The number of hydrogen-bond donors (Lipinski definition) is 1. The molecule has 1 amide bonds. The van der Waals surface area contributed by atoms with Crippen LogP contribution in [0.3, 0.4) is 0 Å². The summed E-state index contributed by atoms with van der Waals surface area (Å²) in [4.78, 5) is 18.3. The number of pyridine rings is 1. The average Bonchev–Trinajstić information content (AvgIpc) is 3.47. The van der Waals surface area contributed by atoms with Gasteiger partial charge >= 0.3 is 6.09 Å². The van der Waals surface area contributed by atoms with Crippen molar-refractivity contribution >= 4 is 17.9 Å². The van der Waals surface area contributed by atoms with E-state index in [1.807, 2.05) is 7.05 Å². The summed E-state index contributed by atoms with van der Waals surface area (Å²) in [5.74, 6) is 4.65. The maximum absolute atomic E-state index is 14.9. The minimum atomic E-state index is -3.38. The Balaban J connectivity index is 1.29. The molecular weight excluding hydrogens is 531 g/mol. The molecule has 1 saturated carbocycles. The predicted molar refractivity (Wildman–Crippen MR) is 150 cm³/mol. The first-order valence-corrected chi connectivity index (χ1v) is 13.3. The highest BCUT2D eigenvalue weighted by atomic mass is 32.2. The van der Waals surface area contributed by atoms with Crippen LogP contribution in [-0.2, 0) is 11.3 Å². The maximum Gasteiger partial charge on any atom is 0.408 e. The van der Waals surface area contributed by atoms with E-state index in [2.05, 4.69) is 37.2 Å². The molecule has 3 aromatic rings. The van der Waals surface area contributed by atoms with E-state index in [1.54, 1.807) is 12.1 Å². The van der Waals surface area contributed by atoms with Crippen LogP contribution in [0.5, 0.6) is 5.75 Å². The summed E-state index contributed by atoms with van der Waals surface area (Å²) < 4.78 is 102. The summed E-state index contributed by atoms with van der Waals surface area (Å²) in [7, 11) is 2.02. The van der Waals surface area contributed by atoms with Crippen LogP contribution in [0.25, 0.3) is 5.69 Å². The Morgan fingerprint density at radius 2 is 2.10 bits per heavy atom. The zero-order valence-corrected chi connectivity index (χ0v) is 22.4. The van der Waals surface area contributed by atoms with Crippen molar-refractivity contribution in [3.63, 3.8) is 0 Å². The van der Waals surface area contributed by atoms with Gasteiger partial charge in [-0.2, -0.15) is 0 Å². The topological polar surface area (TPSA) is 94.4 Å². The van der Waals surface area contributed by atoms with Crippen molar-refractivity contribution in [2.45, 2.75) is 61.4 Å². The van der Waals surface area contributed by atoms with Gasteiger partial charge < -0.3 is 19.7 Å². The van der Waals surface area contributed by atoms with E-state index in [-0.39, 0.29) is 53.3 Å². The second kappa shape index (κ2) is 13.6. The molecule has 1 aliphatic heterocycles. The van der Waals surface area contributed by atoms with E-state index in [0.29, 0.717) is 5.69 Å². The number of alkyl carbamates (subject to hydrolysis) is 1. The van der Waals surface area contributed by atoms with E-state index in [0.717, 1.165) is 32.0 Å². The van der Waals surface area contributed by atoms with Gasteiger partial charge in [-0.15, -0.1) is 10.2 Å². The zero-order chi connectivity index (χ0) is 35.8. The molecule has 0 radical (unpaired) electrons. The quantitative estimate of drug-likeness (QED) is 0.391. The minimum Gasteiger partial charge on any atom is -0.485 e. The molecule has 1 N–H and O–H groups in total. The molecule has 5 rings (SSSR count). The Kier molecular flexibility index (Phi) is 6.37. The lowest BCUT2D eigenvalue weighted by Crippen LogP contribution is -2.43. The molecule has 0 spiro atoms. The van der Waals surface area contributed by atoms with Crippen molar-refractivity contribution in [2.75, 3.05) is 26.7 Å². The fourth-order valence-electron chi connectivity index (χ4n) is 3.98. The van der Waals surface area contributed by atoms with E-state index in [1.165, 1.54) is 29.1 Å². The number of likely N-dealkylation sites (tertiary alicyclic amines) is 1. The molecule has 40 heavy (non-hydrogen) atoms. The second-order valence-electron chi connectivity index (χ2n) is 8.91. The van der Waals surface area contributed by atoms with Crippen LogP contribution in [0.4, 0.5) is 9.18 Å². The maximum atomic E-state index is 14.9. The summed E-state index contributed by atoms with van der Waals surface area (Å²) >= 11 is 0.191. The van der Waals surface area contributed by atoms with Gasteiger partial charge in [-0.1, -0.05) is 36.3 Å². The van der Waals surface area contributed by atoms with Crippen LogP contribution in [0.15, 0.2) is 47.9 Å². The molecule has 1 saturated heterocycles. The van der Waals surface area contributed by atoms with Crippen molar-refractivity contribution in [3.05, 3.63) is 59.9 Å². The molecule has 2 fully saturated rings. The molecule has 9 nitrogen and oxygen atoms in total. The summed E-state index contributed by atoms with van der Waals surface area (Å²) in [5, 5.41) is 7.54. The number of aromatic nitrogens is 4. The van der Waals surface area contributed by atoms with Crippen LogP contribution in [0, 0.1) is 17.7 Å².